The van der Waals surface area contributed by atoms with Crippen molar-refractivity contribution in [3.8, 4) is 17.0 Å². The van der Waals surface area contributed by atoms with Crippen molar-refractivity contribution in [2.75, 3.05) is 5.73 Å². The molecule has 41 heavy (non-hydrogen) atoms. The van der Waals surface area contributed by atoms with Crippen LogP contribution in [0.1, 0.15) is 32.4 Å². The third-order valence-electron chi connectivity index (χ3n) is 6.88. The van der Waals surface area contributed by atoms with Gasteiger partial charge in [0.25, 0.3) is 0 Å². The van der Waals surface area contributed by atoms with Crippen LogP contribution in [-0.4, -0.2) is 42.1 Å². The van der Waals surface area contributed by atoms with Crippen LogP contribution in [0.4, 0.5) is 14.6 Å². The number of nitrogens with zero attached hydrogens (tertiary/aromatic N) is 5. The molecule has 210 valence electrons. The average Bonchev–Trinajstić information content (AvgIpc) is 3.51. The lowest BCUT2D eigenvalue weighted by atomic mass is 9.91. The second-order valence-corrected chi connectivity index (χ2v) is 11.2. The lowest BCUT2D eigenvalue weighted by molar-refractivity contribution is 0.115. The molecule has 2 aliphatic heterocycles. The van der Waals surface area contributed by atoms with Crippen LogP contribution in [0.2, 0.25) is 0 Å². The zero-order valence-electron chi connectivity index (χ0n) is 22.2. The summed E-state index contributed by atoms with van der Waals surface area (Å²) >= 11 is 7.77. The summed E-state index contributed by atoms with van der Waals surface area (Å²) < 4.78 is 36.6. The summed E-state index contributed by atoms with van der Waals surface area (Å²) in [6.07, 6.45) is 1.85. The van der Waals surface area contributed by atoms with E-state index in [0.717, 1.165) is 0 Å². The first kappa shape index (κ1) is 27.3. The van der Waals surface area contributed by atoms with Crippen molar-refractivity contribution in [2.45, 2.75) is 39.1 Å². The Morgan fingerprint density at radius 3 is 2.63 bits per heavy atom. The number of aromatic nitrogens is 4. The molecule has 0 radical (unpaired) electrons. The maximum atomic E-state index is 15.0. The minimum Gasteiger partial charge on any atom is -0.488 e. The van der Waals surface area contributed by atoms with Gasteiger partial charge in [-0.05, 0) is 68.3 Å². The van der Waals surface area contributed by atoms with Crippen LogP contribution in [0.15, 0.2) is 76.0 Å². The molecule has 1 unspecified atom stereocenters. The molecule has 8 nitrogen and oxygen atoms in total. The van der Waals surface area contributed by atoms with Gasteiger partial charge in [-0.25, -0.2) is 23.4 Å². The predicted molar refractivity (Wildman–Crippen MR) is 156 cm³/mol. The number of ether oxygens (including phenoxy) is 1. The van der Waals surface area contributed by atoms with Crippen LogP contribution in [0.25, 0.3) is 27.9 Å². The molecule has 0 saturated carbocycles. The fraction of sp³-hybridized carbons (Fsp3) is 0.207. The summed E-state index contributed by atoms with van der Waals surface area (Å²) in [6, 6.07) is 10.1. The number of nitrogens with two attached hydrogens (primary N) is 1. The van der Waals surface area contributed by atoms with Gasteiger partial charge in [0.05, 0.1) is 22.6 Å². The molecule has 4 aromatic rings. The highest BCUT2D eigenvalue weighted by Gasteiger charge is 2.37. The Kier molecular flexibility index (Phi) is 6.96. The SMILES string of the molecule is CC(C)Oc1ccc(-c2nn(C(C)C3=C(c4cccc(F)c4)[C@@H](O)N4C(Cl)=CSC4=C3)c3ncnc(N)c23)cc1F. The normalized spacial score (nSPS) is 17.7. The summed E-state index contributed by atoms with van der Waals surface area (Å²) in [5.41, 5.74) is 9.19. The Morgan fingerprint density at radius 2 is 1.90 bits per heavy atom. The number of halogens is 3. The van der Waals surface area contributed by atoms with E-state index in [0.29, 0.717) is 49.2 Å². The number of fused-ring (bicyclic) bond motifs is 2. The van der Waals surface area contributed by atoms with Gasteiger partial charge in [0.1, 0.15) is 28.8 Å². The van der Waals surface area contributed by atoms with Gasteiger partial charge in [-0.3, -0.25) is 4.90 Å². The molecule has 2 atom stereocenters. The number of rotatable bonds is 6. The van der Waals surface area contributed by atoms with Crippen LogP contribution in [-0.2, 0) is 0 Å². The number of nitrogen functional groups attached to an aromatic ring is 1. The lowest BCUT2D eigenvalue weighted by Gasteiger charge is -2.35. The van der Waals surface area contributed by atoms with Gasteiger partial charge >= 0.3 is 0 Å². The molecule has 6 rings (SSSR count). The highest BCUT2D eigenvalue weighted by Crippen LogP contribution is 2.47. The van der Waals surface area contributed by atoms with Gasteiger partial charge in [0.15, 0.2) is 23.4 Å². The van der Waals surface area contributed by atoms with Crippen molar-refractivity contribution in [1.82, 2.24) is 24.6 Å². The number of hydrogen-bond acceptors (Lipinski definition) is 8. The van der Waals surface area contributed by atoms with Gasteiger partial charge in [-0.15, -0.1) is 0 Å². The van der Waals surface area contributed by atoms with Crippen LogP contribution in [0.3, 0.4) is 0 Å². The third-order valence-corrected chi connectivity index (χ3v) is 8.19. The molecule has 3 N–H and O–H groups in total. The van der Waals surface area contributed by atoms with Crippen LogP contribution < -0.4 is 10.5 Å². The first-order valence-corrected chi connectivity index (χ1v) is 14.1. The zero-order chi connectivity index (χ0) is 29.0. The standard InChI is InChI=1S/C29H25ClF2N6O2S/c1-14(2)40-21-8-7-17(10-20(21)32)26-25-27(33)34-13-35-28(25)38(36-26)15(3)19-11-23-37(22(30)12-41-23)29(39)24(19)16-5-4-6-18(31)9-16/h4-15,29,39H,1-3H3,(H2,33,34,35)/t15?,29-/m1/s1. The Hall–Kier alpha value is -3.93. The topological polar surface area (TPSA) is 102 Å². The summed E-state index contributed by atoms with van der Waals surface area (Å²) in [6.45, 7) is 5.52. The van der Waals surface area contributed by atoms with Gasteiger partial charge in [-0.2, -0.15) is 5.10 Å². The van der Waals surface area contributed by atoms with Crippen LogP contribution >= 0.6 is 23.4 Å². The number of aliphatic hydroxyl groups excluding tert-OH is 1. The number of thioether (sulfide) groups is 1. The fourth-order valence-electron chi connectivity index (χ4n) is 5.07. The smallest absolute Gasteiger partial charge is 0.165 e. The van der Waals surface area contributed by atoms with E-state index >= 15 is 4.39 Å². The molecule has 0 spiro atoms. The Labute approximate surface area is 243 Å². The Morgan fingerprint density at radius 1 is 1.10 bits per heavy atom. The second-order valence-electron chi connectivity index (χ2n) is 9.90. The zero-order valence-corrected chi connectivity index (χ0v) is 23.8. The maximum Gasteiger partial charge on any atom is 0.165 e. The van der Waals surface area contributed by atoms with Crippen LogP contribution in [0, 0.1) is 11.6 Å². The van der Waals surface area contributed by atoms with Crippen LogP contribution in [0.5, 0.6) is 5.75 Å². The summed E-state index contributed by atoms with van der Waals surface area (Å²) in [7, 11) is 0. The summed E-state index contributed by atoms with van der Waals surface area (Å²) in [5, 5.41) is 19.6. The molecule has 2 aliphatic rings. The molecule has 0 bridgehead atoms. The fourth-order valence-corrected chi connectivity index (χ4v) is 6.28. The van der Waals surface area contributed by atoms with E-state index < -0.39 is 23.9 Å². The largest absolute Gasteiger partial charge is 0.488 e. The van der Waals surface area contributed by atoms with Crippen molar-refractivity contribution < 1.29 is 18.6 Å². The molecule has 2 aromatic carbocycles. The quantitative estimate of drug-likeness (QED) is 0.247. The second kappa shape index (κ2) is 10.5. The highest BCUT2D eigenvalue weighted by molar-refractivity contribution is 8.06. The van der Waals surface area contributed by atoms with E-state index in [1.165, 1.54) is 36.3 Å². The van der Waals surface area contributed by atoms with E-state index in [1.54, 1.807) is 39.3 Å². The first-order chi connectivity index (χ1) is 19.6. The van der Waals surface area contributed by atoms with Crippen molar-refractivity contribution in [2.24, 2.45) is 0 Å². The molecular formula is C29H25ClF2N6O2S. The van der Waals surface area contributed by atoms with E-state index in [4.69, 9.17) is 27.2 Å². The number of anilines is 1. The minimum atomic E-state index is -1.18. The van der Waals surface area contributed by atoms with E-state index in [1.807, 2.05) is 26.8 Å². The number of aliphatic hydroxyl groups is 1. The predicted octanol–water partition coefficient (Wildman–Crippen LogP) is 6.42. The Balaban J connectivity index is 1.54. The molecule has 12 heteroatoms. The highest BCUT2D eigenvalue weighted by atomic mass is 35.5. The number of hydrogen-bond donors (Lipinski definition) is 2. The molecule has 0 saturated heterocycles. The van der Waals surface area contributed by atoms with Gasteiger partial charge in [0, 0.05) is 16.5 Å². The molecule has 2 aromatic heterocycles. The van der Waals surface area contributed by atoms with Crippen molar-refractivity contribution in [3.63, 3.8) is 0 Å². The maximum absolute atomic E-state index is 15.0. The van der Waals surface area contributed by atoms with E-state index in [9.17, 15) is 9.50 Å². The van der Waals surface area contributed by atoms with Gasteiger partial charge in [-0.1, -0.05) is 35.5 Å². The van der Waals surface area contributed by atoms with Crippen molar-refractivity contribution in [3.05, 3.63) is 93.2 Å². The molecule has 0 fully saturated rings. The average molecular weight is 595 g/mol. The molecule has 0 amide bonds. The van der Waals surface area contributed by atoms with Crippen molar-refractivity contribution >= 4 is 45.8 Å². The third kappa shape index (κ3) is 4.73. The van der Waals surface area contributed by atoms with Crippen molar-refractivity contribution in [1.29, 1.82) is 0 Å². The van der Waals surface area contributed by atoms with Gasteiger partial charge in [0.2, 0.25) is 0 Å². The summed E-state index contributed by atoms with van der Waals surface area (Å²) in [4.78, 5) is 10.2. The van der Waals surface area contributed by atoms with E-state index in [2.05, 4.69) is 9.97 Å². The molecular weight excluding hydrogens is 570 g/mol. The monoisotopic (exact) mass is 594 g/mol. The lowest BCUT2D eigenvalue weighted by Crippen LogP contribution is -2.35. The molecule has 4 heterocycles. The number of benzene rings is 2. The van der Waals surface area contributed by atoms with E-state index in [-0.39, 0.29) is 17.7 Å². The van der Waals surface area contributed by atoms with Gasteiger partial charge < -0.3 is 15.6 Å². The first-order valence-electron chi connectivity index (χ1n) is 12.8. The number of allylic oxidation sites excluding steroid dienone is 2. The Bertz CT molecular complexity index is 1790. The molecule has 0 aliphatic carbocycles. The summed E-state index contributed by atoms with van der Waals surface area (Å²) in [5.74, 6) is -0.674. The minimum absolute atomic E-state index is 0.128.